The average molecular weight is 385 g/mol. The van der Waals surface area contributed by atoms with Gasteiger partial charge in [-0.05, 0) is 35.7 Å². The molecule has 0 atom stereocenters. The summed E-state index contributed by atoms with van der Waals surface area (Å²) in [6.07, 6.45) is 0.511. The Morgan fingerprint density at radius 2 is 1.72 bits per heavy atom. The summed E-state index contributed by atoms with van der Waals surface area (Å²) >= 11 is 6.05. The summed E-state index contributed by atoms with van der Waals surface area (Å²) < 4.78 is 39.4. The van der Waals surface area contributed by atoms with Crippen molar-refractivity contribution in [2.24, 2.45) is 0 Å². The quantitative estimate of drug-likeness (QED) is 0.696. The molecular formula is C17H21ClN2O4S. The molecule has 0 fully saturated rings. The van der Waals surface area contributed by atoms with E-state index in [4.69, 9.17) is 21.1 Å². The van der Waals surface area contributed by atoms with Gasteiger partial charge in [0.2, 0.25) is 0 Å². The Morgan fingerprint density at radius 3 is 2.40 bits per heavy atom. The minimum absolute atomic E-state index is 0.141. The van der Waals surface area contributed by atoms with Crippen LogP contribution in [0.15, 0.2) is 42.5 Å². The van der Waals surface area contributed by atoms with E-state index in [9.17, 15) is 8.42 Å². The Morgan fingerprint density at radius 1 is 1.00 bits per heavy atom. The molecule has 0 spiro atoms. The second kappa shape index (κ2) is 9.05. The van der Waals surface area contributed by atoms with E-state index in [1.54, 1.807) is 31.4 Å². The molecule has 0 aliphatic heterocycles. The van der Waals surface area contributed by atoms with Gasteiger partial charge < -0.3 is 9.47 Å². The standard InChI is InChI=1S/C17H21ClN2O4S/c1-23-16-8-7-13(11-17(16)24-2)12-20-25(21,22)19-10-9-14-5-3-4-6-15(14)18/h3-8,11,19-20H,9-10,12H2,1-2H3. The molecule has 6 nitrogen and oxygen atoms in total. The first kappa shape index (κ1) is 19.5. The summed E-state index contributed by atoms with van der Waals surface area (Å²) in [5.41, 5.74) is 1.65. The Bertz CT molecular complexity index is 812. The summed E-state index contributed by atoms with van der Waals surface area (Å²) in [4.78, 5) is 0. The van der Waals surface area contributed by atoms with E-state index < -0.39 is 10.2 Å². The second-order valence-electron chi connectivity index (χ2n) is 5.25. The maximum Gasteiger partial charge on any atom is 0.277 e. The van der Waals surface area contributed by atoms with Crippen molar-refractivity contribution in [3.8, 4) is 11.5 Å². The van der Waals surface area contributed by atoms with Crippen LogP contribution in [0.2, 0.25) is 5.02 Å². The number of nitrogens with one attached hydrogen (secondary N) is 2. The van der Waals surface area contributed by atoms with E-state index in [1.807, 2.05) is 18.2 Å². The lowest BCUT2D eigenvalue weighted by Gasteiger charge is -2.11. The highest BCUT2D eigenvalue weighted by Gasteiger charge is 2.11. The molecule has 0 amide bonds. The fraction of sp³-hybridized carbons (Fsp3) is 0.294. The van der Waals surface area contributed by atoms with Crippen molar-refractivity contribution in [3.63, 3.8) is 0 Å². The molecule has 0 aliphatic rings. The van der Waals surface area contributed by atoms with Gasteiger partial charge >= 0.3 is 0 Å². The van der Waals surface area contributed by atoms with Crippen molar-refractivity contribution in [3.05, 3.63) is 58.6 Å². The third-order valence-corrected chi connectivity index (χ3v) is 5.04. The van der Waals surface area contributed by atoms with E-state index in [2.05, 4.69) is 9.44 Å². The molecule has 25 heavy (non-hydrogen) atoms. The molecule has 8 heteroatoms. The zero-order valence-electron chi connectivity index (χ0n) is 14.1. The lowest BCUT2D eigenvalue weighted by Crippen LogP contribution is -2.37. The number of ether oxygens (including phenoxy) is 2. The molecule has 0 saturated heterocycles. The van der Waals surface area contributed by atoms with Crippen LogP contribution in [-0.4, -0.2) is 29.2 Å². The van der Waals surface area contributed by atoms with E-state index in [0.29, 0.717) is 22.9 Å². The number of rotatable bonds is 9. The molecule has 136 valence electrons. The third kappa shape index (κ3) is 5.89. The van der Waals surface area contributed by atoms with E-state index in [-0.39, 0.29) is 13.1 Å². The van der Waals surface area contributed by atoms with E-state index in [1.165, 1.54) is 7.11 Å². The van der Waals surface area contributed by atoms with Crippen LogP contribution in [0.3, 0.4) is 0 Å². The number of hydrogen-bond acceptors (Lipinski definition) is 4. The summed E-state index contributed by atoms with van der Waals surface area (Å²) in [5, 5.41) is 0.625. The summed E-state index contributed by atoms with van der Waals surface area (Å²) in [7, 11) is -0.539. The highest BCUT2D eigenvalue weighted by atomic mass is 35.5. The monoisotopic (exact) mass is 384 g/mol. The van der Waals surface area contributed by atoms with Gasteiger partial charge in [-0.1, -0.05) is 35.9 Å². The minimum atomic E-state index is -3.61. The fourth-order valence-electron chi connectivity index (χ4n) is 2.24. The zero-order valence-corrected chi connectivity index (χ0v) is 15.7. The number of hydrogen-bond donors (Lipinski definition) is 2. The van der Waals surface area contributed by atoms with Gasteiger partial charge in [0, 0.05) is 18.1 Å². The van der Waals surface area contributed by atoms with Crippen LogP contribution >= 0.6 is 11.6 Å². The van der Waals surface area contributed by atoms with Gasteiger partial charge in [0.1, 0.15) is 0 Å². The van der Waals surface area contributed by atoms with Gasteiger partial charge in [0.15, 0.2) is 11.5 Å². The third-order valence-electron chi connectivity index (χ3n) is 3.56. The molecule has 2 N–H and O–H groups in total. The molecule has 0 bridgehead atoms. The largest absolute Gasteiger partial charge is 0.493 e. The normalized spacial score (nSPS) is 11.3. The lowest BCUT2D eigenvalue weighted by atomic mass is 10.1. The van der Waals surface area contributed by atoms with Crippen LogP contribution in [-0.2, 0) is 23.2 Å². The highest BCUT2D eigenvalue weighted by molar-refractivity contribution is 7.87. The summed E-state index contributed by atoms with van der Waals surface area (Å²) in [6, 6.07) is 12.6. The predicted octanol–water partition coefficient (Wildman–Crippen LogP) is 2.52. The molecule has 0 radical (unpaired) electrons. The van der Waals surface area contributed by atoms with Crippen LogP contribution in [0, 0.1) is 0 Å². The van der Waals surface area contributed by atoms with Crippen LogP contribution in [0.1, 0.15) is 11.1 Å². The number of benzene rings is 2. The van der Waals surface area contributed by atoms with Crippen molar-refractivity contribution in [2.45, 2.75) is 13.0 Å². The van der Waals surface area contributed by atoms with Gasteiger partial charge in [-0.3, -0.25) is 0 Å². The first-order chi connectivity index (χ1) is 11.9. The van der Waals surface area contributed by atoms with Gasteiger partial charge in [-0.2, -0.15) is 13.1 Å². The summed E-state index contributed by atoms with van der Waals surface area (Å²) in [6.45, 7) is 0.396. The van der Waals surface area contributed by atoms with Crippen LogP contribution < -0.4 is 18.9 Å². The van der Waals surface area contributed by atoms with Crippen LogP contribution in [0.4, 0.5) is 0 Å². The van der Waals surface area contributed by atoms with Crippen molar-refractivity contribution in [2.75, 3.05) is 20.8 Å². The minimum Gasteiger partial charge on any atom is -0.493 e. The van der Waals surface area contributed by atoms with Crippen molar-refractivity contribution in [1.29, 1.82) is 0 Å². The summed E-state index contributed by atoms with van der Waals surface area (Å²) in [5.74, 6) is 1.14. The van der Waals surface area contributed by atoms with E-state index in [0.717, 1.165) is 11.1 Å². The Kier molecular flexibility index (Phi) is 7.07. The number of halogens is 1. The fourth-order valence-corrected chi connectivity index (χ4v) is 3.30. The maximum atomic E-state index is 12.0. The molecule has 0 aromatic heterocycles. The maximum absolute atomic E-state index is 12.0. The van der Waals surface area contributed by atoms with Crippen molar-refractivity contribution in [1.82, 2.24) is 9.44 Å². The molecule has 0 heterocycles. The first-order valence-corrected chi connectivity index (χ1v) is 9.50. The molecular weight excluding hydrogens is 364 g/mol. The van der Waals surface area contributed by atoms with Crippen molar-refractivity contribution < 1.29 is 17.9 Å². The van der Waals surface area contributed by atoms with Gasteiger partial charge in [0.05, 0.1) is 14.2 Å². The van der Waals surface area contributed by atoms with Gasteiger partial charge in [-0.15, -0.1) is 0 Å². The Labute approximate surface area is 153 Å². The SMILES string of the molecule is COc1ccc(CNS(=O)(=O)NCCc2ccccc2Cl)cc1OC. The molecule has 0 unspecified atom stereocenters. The average Bonchev–Trinajstić information content (AvgIpc) is 2.61. The highest BCUT2D eigenvalue weighted by Crippen LogP contribution is 2.27. The molecule has 2 rings (SSSR count). The molecule has 2 aromatic carbocycles. The van der Waals surface area contributed by atoms with Crippen LogP contribution in [0.25, 0.3) is 0 Å². The van der Waals surface area contributed by atoms with E-state index >= 15 is 0 Å². The smallest absolute Gasteiger partial charge is 0.277 e. The number of methoxy groups -OCH3 is 2. The predicted molar refractivity (Wildman–Crippen MR) is 98.5 cm³/mol. The van der Waals surface area contributed by atoms with Crippen molar-refractivity contribution >= 4 is 21.8 Å². The van der Waals surface area contributed by atoms with Crippen LogP contribution in [0.5, 0.6) is 11.5 Å². The molecule has 0 saturated carbocycles. The zero-order chi connectivity index (χ0) is 18.3. The lowest BCUT2D eigenvalue weighted by molar-refractivity contribution is 0.354. The topological polar surface area (TPSA) is 76.7 Å². The first-order valence-electron chi connectivity index (χ1n) is 7.63. The molecule has 0 aliphatic carbocycles. The second-order valence-corrected chi connectivity index (χ2v) is 7.24. The Balaban J connectivity index is 1.88. The Hall–Kier alpha value is -1.80. The van der Waals surface area contributed by atoms with Gasteiger partial charge in [-0.25, -0.2) is 4.72 Å². The molecule has 2 aromatic rings. The van der Waals surface area contributed by atoms with Gasteiger partial charge in [0.25, 0.3) is 10.2 Å².